The standard InChI is InChI=1S/C25H34N2O5/c1-5-6-13-26-25(29)19(2)27(14-12-20-10-8-7-9-11-20)24(28)18-32-23-16-21(30-3)15-22(17-23)31-4/h7-11,15-17,19H,5-6,12-14,18H2,1-4H3,(H,26,29)/t19-/m1/s1. The van der Waals surface area contributed by atoms with E-state index in [2.05, 4.69) is 12.2 Å². The molecule has 0 aromatic heterocycles. The molecule has 0 heterocycles. The molecule has 174 valence electrons. The number of ether oxygens (including phenoxy) is 3. The zero-order chi connectivity index (χ0) is 23.3. The minimum Gasteiger partial charge on any atom is -0.496 e. The number of hydrogen-bond acceptors (Lipinski definition) is 5. The average molecular weight is 443 g/mol. The van der Waals surface area contributed by atoms with Crippen molar-refractivity contribution in [2.24, 2.45) is 0 Å². The van der Waals surface area contributed by atoms with Crippen molar-refractivity contribution < 1.29 is 23.8 Å². The number of nitrogens with zero attached hydrogens (tertiary/aromatic N) is 1. The number of carbonyl (C=O) groups is 2. The lowest BCUT2D eigenvalue weighted by Gasteiger charge is -2.28. The predicted octanol–water partition coefficient (Wildman–Crippen LogP) is 3.46. The van der Waals surface area contributed by atoms with Crippen molar-refractivity contribution in [3.05, 3.63) is 54.1 Å². The third kappa shape index (κ3) is 7.80. The number of benzene rings is 2. The minimum atomic E-state index is -0.605. The van der Waals surface area contributed by atoms with E-state index in [1.807, 2.05) is 30.3 Å². The fraction of sp³-hybridized carbons (Fsp3) is 0.440. The van der Waals surface area contributed by atoms with Crippen molar-refractivity contribution in [1.82, 2.24) is 10.2 Å². The highest BCUT2D eigenvalue weighted by Crippen LogP contribution is 2.27. The molecule has 0 fully saturated rings. The molecule has 0 aliphatic carbocycles. The van der Waals surface area contributed by atoms with Gasteiger partial charge in [0.15, 0.2) is 6.61 Å². The molecule has 2 amide bonds. The van der Waals surface area contributed by atoms with Gasteiger partial charge in [-0.15, -0.1) is 0 Å². The second-order valence-corrected chi connectivity index (χ2v) is 7.48. The number of hydrogen-bond donors (Lipinski definition) is 1. The Bertz CT molecular complexity index is 834. The predicted molar refractivity (Wildman–Crippen MR) is 124 cm³/mol. The summed E-state index contributed by atoms with van der Waals surface area (Å²) in [6.45, 7) is 4.63. The molecule has 0 radical (unpaired) electrons. The summed E-state index contributed by atoms with van der Waals surface area (Å²) in [6, 6.07) is 14.4. The molecule has 1 N–H and O–H groups in total. The Morgan fingerprint density at radius 2 is 1.62 bits per heavy atom. The van der Waals surface area contributed by atoms with E-state index in [1.165, 1.54) is 0 Å². The number of nitrogens with one attached hydrogen (secondary N) is 1. The van der Waals surface area contributed by atoms with E-state index >= 15 is 0 Å². The maximum absolute atomic E-state index is 13.1. The summed E-state index contributed by atoms with van der Waals surface area (Å²) < 4.78 is 16.2. The van der Waals surface area contributed by atoms with E-state index < -0.39 is 6.04 Å². The van der Waals surface area contributed by atoms with Crippen molar-refractivity contribution in [3.8, 4) is 17.2 Å². The molecule has 1 atom stereocenters. The van der Waals surface area contributed by atoms with Crippen LogP contribution < -0.4 is 19.5 Å². The normalized spacial score (nSPS) is 11.4. The Labute approximate surface area is 190 Å². The zero-order valence-electron chi connectivity index (χ0n) is 19.4. The number of methoxy groups -OCH3 is 2. The summed E-state index contributed by atoms with van der Waals surface area (Å²) in [7, 11) is 3.10. The maximum atomic E-state index is 13.1. The van der Waals surface area contributed by atoms with Crippen LogP contribution in [0, 0.1) is 0 Å². The van der Waals surface area contributed by atoms with Crippen LogP contribution in [-0.2, 0) is 16.0 Å². The SMILES string of the molecule is CCCCNC(=O)[C@@H](C)N(CCc1ccccc1)C(=O)COc1cc(OC)cc(OC)c1. The fourth-order valence-corrected chi connectivity index (χ4v) is 3.20. The highest BCUT2D eigenvalue weighted by Gasteiger charge is 2.26. The maximum Gasteiger partial charge on any atom is 0.261 e. The Kier molecular flexibility index (Phi) is 10.4. The minimum absolute atomic E-state index is 0.164. The van der Waals surface area contributed by atoms with Crippen molar-refractivity contribution in [1.29, 1.82) is 0 Å². The van der Waals surface area contributed by atoms with Crippen LogP contribution >= 0.6 is 0 Å². The molecule has 2 aromatic rings. The number of rotatable bonds is 13. The van der Waals surface area contributed by atoms with Gasteiger partial charge in [0.25, 0.3) is 5.91 Å². The molecule has 2 rings (SSSR count). The van der Waals surface area contributed by atoms with Crippen LogP contribution in [-0.4, -0.2) is 56.7 Å². The largest absolute Gasteiger partial charge is 0.496 e. The lowest BCUT2D eigenvalue weighted by Crippen LogP contribution is -2.50. The summed E-state index contributed by atoms with van der Waals surface area (Å²) in [5.41, 5.74) is 1.10. The highest BCUT2D eigenvalue weighted by molar-refractivity contribution is 5.88. The second kappa shape index (κ2) is 13.2. The van der Waals surface area contributed by atoms with E-state index in [4.69, 9.17) is 14.2 Å². The molecule has 0 saturated carbocycles. The van der Waals surface area contributed by atoms with Gasteiger partial charge in [-0.3, -0.25) is 9.59 Å². The molecule has 0 unspecified atom stereocenters. The van der Waals surface area contributed by atoms with Gasteiger partial charge >= 0.3 is 0 Å². The first-order chi connectivity index (χ1) is 15.5. The summed E-state index contributed by atoms with van der Waals surface area (Å²) in [6.07, 6.45) is 2.53. The summed E-state index contributed by atoms with van der Waals surface area (Å²) in [4.78, 5) is 27.3. The molecule has 0 saturated heterocycles. The number of unbranched alkanes of at least 4 members (excludes halogenated alkanes) is 1. The highest BCUT2D eigenvalue weighted by atomic mass is 16.5. The van der Waals surface area contributed by atoms with E-state index in [0.29, 0.717) is 36.8 Å². The van der Waals surface area contributed by atoms with Gasteiger partial charge in [0.05, 0.1) is 14.2 Å². The van der Waals surface area contributed by atoms with Gasteiger partial charge in [-0.1, -0.05) is 43.7 Å². The summed E-state index contributed by atoms with van der Waals surface area (Å²) in [5, 5.41) is 2.91. The Morgan fingerprint density at radius 1 is 1.00 bits per heavy atom. The van der Waals surface area contributed by atoms with Crippen molar-refractivity contribution in [2.75, 3.05) is 33.9 Å². The quantitative estimate of drug-likeness (QED) is 0.481. The molecule has 0 aliphatic rings. The molecule has 2 aromatic carbocycles. The van der Waals surface area contributed by atoms with Gasteiger partial charge in [0.1, 0.15) is 23.3 Å². The van der Waals surface area contributed by atoms with Gasteiger partial charge in [-0.2, -0.15) is 0 Å². The van der Waals surface area contributed by atoms with Crippen LogP contribution in [0.25, 0.3) is 0 Å². The Hall–Kier alpha value is -3.22. The van der Waals surface area contributed by atoms with Crippen molar-refractivity contribution in [3.63, 3.8) is 0 Å². The zero-order valence-corrected chi connectivity index (χ0v) is 19.4. The first-order valence-corrected chi connectivity index (χ1v) is 11.0. The lowest BCUT2D eigenvalue weighted by atomic mass is 10.1. The summed E-state index contributed by atoms with van der Waals surface area (Å²) in [5.74, 6) is 1.16. The van der Waals surface area contributed by atoms with Crippen molar-refractivity contribution in [2.45, 2.75) is 39.2 Å². The van der Waals surface area contributed by atoms with E-state index in [-0.39, 0.29) is 18.4 Å². The van der Waals surface area contributed by atoms with E-state index in [1.54, 1.807) is 44.2 Å². The molecular formula is C25H34N2O5. The van der Waals surface area contributed by atoms with Crippen molar-refractivity contribution >= 4 is 11.8 Å². The van der Waals surface area contributed by atoms with Gasteiger partial charge in [-0.05, 0) is 25.3 Å². The fourth-order valence-electron chi connectivity index (χ4n) is 3.20. The molecule has 7 nitrogen and oxygen atoms in total. The van der Waals surface area contributed by atoms with Crippen LogP contribution in [0.3, 0.4) is 0 Å². The van der Waals surface area contributed by atoms with E-state index in [0.717, 1.165) is 18.4 Å². The smallest absolute Gasteiger partial charge is 0.261 e. The average Bonchev–Trinajstić information content (AvgIpc) is 2.83. The van der Waals surface area contributed by atoms with Gasteiger partial charge in [0, 0.05) is 31.3 Å². The molecule has 0 bridgehead atoms. The van der Waals surface area contributed by atoms with Gasteiger partial charge in [-0.25, -0.2) is 0 Å². The lowest BCUT2D eigenvalue weighted by molar-refractivity contribution is -0.141. The summed E-state index contributed by atoms with van der Waals surface area (Å²) >= 11 is 0. The van der Waals surface area contributed by atoms with Crippen LogP contribution in [0.1, 0.15) is 32.3 Å². The van der Waals surface area contributed by atoms with E-state index in [9.17, 15) is 9.59 Å². The molecule has 7 heteroatoms. The third-order valence-corrected chi connectivity index (χ3v) is 5.17. The first-order valence-electron chi connectivity index (χ1n) is 11.0. The third-order valence-electron chi connectivity index (χ3n) is 5.17. The van der Waals surface area contributed by atoms with Crippen LogP contribution in [0.5, 0.6) is 17.2 Å². The molecule has 0 aliphatic heterocycles. The van der Waals surface area contributed by atoms with Crippen LogP contribution in [0.15, 0.2) is 48.5 Å². The Balaban J connectivity index is 2.09. The topological polar surface area (TPSA) is 77.1 Å². The molecule has 32 heavy (non-hydrogen) atoms. The van der Waals surface area contributed by atoms with Crippen LogP contribution in [0.2, 0.25) is 0 Å². The van der Waals surface area contributed by atoms with Gasteiger partial charge < -0.3 is 24.4 Å². The molecule has 0 spiro atoms. The monoisotopic (exact) mass is 442 g/mol. The van der Waals surface area contributed by atoms with Crippen LogP contribution in [0.4, 0.5) is 0 Å². The molecular weight excluding hydrogens is 408 g/mol. The number of carbonyl (C=O) groups excluding carboxylic acids is 2. The second-order valence-electron chi connectivity index (χ2n) is 7.48. The number of amides is 2. The van der Waals surface area contributed by atoms with Gasteiger partial charge in [0.2, 0.25) is 5.91 Å². The Morgan fingerprint density at radius 3 is 2.22 bits per heavy atom. The first kappa shape index (κ1) is 25.0.